The lowest BCUT2D eigenvalue weighted by Crippen LogP contribution is -2.14. The molecule has 0 unspecified atom stereocenters. The number of hydrogen-bond acceptors (Lipinski definition) is 3. The molecule has 0 fully saturated rings. The lowest BCUT2D eigenvalue weighted by Gasteiger charge is -2.14. The maximum absolute atomic E-state index is 13.1. The van der Waals surface area contributed by atoms with Crippen molar-refractivity contribution in [1.82, 2.24) is 9.78 Å². The number of carbonyl (C=O) groups is 1. The molecule has 1 N–H and O–H groups in total. The first-order valence-corrected chi connectivity index (χ1v) is 9.93. The summed E-state index contributed by atoms with van der Waals surface area (Å²) < 4.78 is 7.50. The van der Waals surface area contributed by atoms with Gasteiger partial charge in [-0.2, -0.15) is 5.10 Å². The molecule has 0 atom stereocenters. The largest absolute Gasteiger partial charge is 0.492 e. The fraction of sp³-hybridized carbons (Fsp3) is 0.120. The van der Waals surface area contributed by atoms with Gasteiger partial charge in [0.1, 0.15) is 5.75 Å². The number of anilines is 1. The molecule has 0 aliphatic heterocycles. The zero-order chi connectivity index (χ0) is 20.8. The molecule has 0 bridgehead atoms. The van der Waals surface area contributed by atoms with Crippen molar-refractivity contribution in [3.8, 4) is 16.9 Å². The molecule has 0 spiro atoms. The van der Waals surface area contributed by atoms with Crippen LogP contribution in [0.1, 0.15) is 22.8 Å². The number of para-hydroxylation sites is 2. The summed E-state index contributed by atoms with van der Waals surface area (Å²) in [6.07, 6.45) is 3.71. The fourth-order valence-electron chi connectivity index (χ4n) is 3.34. The van der Waals surface area contributed by atoms with Crippen LogP contribution in [0.5, 0.6) is 5.75 Å². The Morgan fingerprint density at radius 1 is 0.967 bits per heavy atom. The van der Waals surface area contributed by atoms with E-state index in [0.717, 1.165) is 16.7 Å². The third-order valence-corrected chi connectivity index (χ3v) is 4.78. The predicted octanol–water partition coefficient (Wildman–Crippen LogP) is 5.25. The summed E-state index contributed by atoms with van der Waals surface area (Å²) in [5, 5.41) is 7.23. The number of ether oxygens (including phenoxy) is 1. The average Bonchev–Trinajstić information content (AvgIpc) is 3.29. The topological polar surface area (TPSA) is 56.1 Å². The summed E-state index contributed by atoms with van der Waals surface area (Å²) >= 11 is 0. The normalized spacial score (nSPS) is 10.6. The molecule has 1 aromatic heterocycles. The number of amides is 1. The summed E-state index contributed by atoms with van der Waals surface area (Å²) in [7, 11) is 0. The van der Waals surface area contributed by atoms with E-state index >= 15 is 0 Å². The van der Waals surface area contributed by atoms with Crippen molar-refractivity contribution in [2.24, 2.45) is 0 Å². The lowest BCUT2D eigenvalue weighted by molar-refractivity contribution is 0.102. The van der Waals surface area contributed by atoms with E-state index in [1.165, 1.54) is 0 Å². The van der Waals surface area contributed by atoms with Gasteiger partial charge >= 0.3 is 0 Å². The molecule has 1 amide bonds. The molecule has 4 rings (SSSR count). The zero-order valence-corrected chi connectivity index (χ0v) is 16.8. The molecule has 150 valence electrons. The standard InChI is InChI=1S/C25H23N3O2/c1-2-30-24-11-6-5-10-23(24)27-25(29)22-9-4-3-8-21(22)20-14-12-19(13-15-20)18-28-17-7-16-26-28/h3-17H,2,18H2,1H3,(H,27,29). The summed E-state index contributed by atoms with van der Waals surface area (Å²) in [6.45, 7) is 3.17. The van der Waals surface area contributed by atoms with Gasteiger partial charge in [-0.3, -0.25) is 9.48 Å². The minimum atomic E-state index is -0.168. The van der Waals surface area contributed by atoms with E-state index in [9.17, 15) is 4.79 Å². The van der Waals surface area contributed by atoms with Crippen molar-refractivity contribution in [3.05, 3.63) is 102 Å². The van der Waals surface area contributed by atoms with Crippen LogP contribution >= 0.6 is 0 Å². The first-order chi connectivity index (χ1) is 14.7. The SMILES string of the molecule is CCOc1ccccc1NC(=O)c1ccccc1-c1ccc(Cn2cccn2)cc1. The maximum Gasteiger partial charge on any atom is 0.256 e. The van der Waals surface area contributed by atoms with Crippen molar-refractivity contribution in [1.29, 1.82) is 0 Å². The van der Waals surface area contributed by atoms with Crippen LogP contribution < -0.4 is 10.1 Å². The van der Waals surface area contributed by atoms with E-state index in [2.05, 4.69) is 22.5 Å². The third-order valence-electron chi connectivity index (χ3n) is 4.78. The van der Waals surface area contributed by atoms with E-state index in [1.807, 2.05) is 84.5 Å². The number of rotatable bonds is 7. The number of nitrogens with one attached hydrogen (secondary N) is 1. The van der Waals surface area contributed by atoms with Crippen LogP contribution in [0.2, 0.25) is 0 Å². The van der Waals surface area contributed by atoms with Gasteiger partial charge in [-0.15, -0.1) is 0 Å². The Balaban J connectivity index is 1.57. The Hall–Kier alpha value is -3.86. The molecule has 5 nitrogen and oxygen atoms in total. The first-order valence-electron chi connectivity index (χ1n) is 9.93. The fourth-order valence-corrected chi connectivity index (χ4v) is 3.34. The highest BCUT2D eigenvalue weighted by atomic mass is 16.5. The van der Waals surface area contributed by atoms with Gasteiger partial charge in [0.05, 0.1) is 18.8 Å². The molecule has 0 saturated heterocycles. The number of aromatic nitrogens is 2. The molecular formula is C25H23N3O2. The van der Waals surface area contributed by atoms with Crippen LogP contribution in [0, 0.1) is 0 Å². The second-order valence-corrected chi connectivity index (χ2v) is 6.83. The smallest absolute Gasteiger partial charge is 0.256 e. The van der Waals surface area contributed by atoms with Crippen LogP contribution in [0.25, 0.3) is 11.1 Å². The number of hydrogen-bond donors (Lipinski definition) is 1. The second kappa shape index (κ2) is 9.09. The van der Waals surface area contributed by atoms with Crippen molar-refractivity contribution >= 4 is 11.6 Å². The second-order valence-electron chi connectivity index (χ2n) is 6.83. The van der Waals surface area contributed by atoms with E-state index in [1.54, 1.807) is 6.20 Å². The Morgan fingerprint density at radius 2 is 1.73 bits per heavy atom. The van der Waals surface area contributed by atoms with E-state index in [-0.39, 0.29) is 5.91 Å². The predicted molar refractivity (Wildman–Crippen MR) is 119 cm³/mol. The highest BCUT2D eigenvalue weighted by Gasteiger charge is 2.14. The van der Waals surface area contributed by atoms with E-state index in [0.29, 0.717) is 30.2 Å². The molecule has 1 heterocycles. The maximum atomic E-state index is 13.1. The molecule has 3 aromatic carbocycles. The number of carbonyl (C=O) groups excluding carboxylic acids is 1. The number of nitrogens with zero attached hydrogens (tertiary/aromatic N) is 2. The van der Waals surface area contributed by atoms with Gasteiger partial charge in [0.15, 0.2) is 0 Å². The van der Waals surface area contributed by atoms with Crippen LogP contribution in [0.15, 0.2) is 91.3 Å². The van der Waals surface area contributed by atoms with E-state index < -0.39 is 0 Å². The Kier molecular flexibility index (Phi) is 5.90. The van der Waals surface area contributed by atoms with Crippen LogP contribution in [0.4, 0.5) is 5.69 Å². The molecule has 0 aliphatic carbocycles. The molecule has 4 aromatic rings. The van der Waals surface area contributed by atoms with Crippen LogP contribution in [0.3, 0.4) is 0 Å². The molecule has 0 aliphatic rings. The van der Waals surface area contributed by atoms with Gasteiger partial charge in [-0.25, -0.2) is 0 Å². The highest BCUT2D eigenvalue weighted by Crippen LogP contribution is 2.28. The van der Waals surface area contributed by atoms with Crippen molar-refractivity contribution < 1.29 is 9.53 Å². The quantitative estimate of drug-likeness (QED) is 0.463. The molecule has 5 heteroatoms. The summed E-state index contributed by atoms with van der Waals surface area (Å²) in [5.74, 6) is 0.493. The first kappa shape index (κ1) is 19.5. The van der Waals surface area contributed by atoms with Gasteiger partial charge in [-0.1, -0.05) is 54.6 Å². The molecule has 0 radical (unpaired) electrons. The van der Waals surface area contributed by atoms with E-state index in [4.69, 9.17) is 4.74 Å². The summed E-state index contributed by atoms with van der Waals surface area (Å²) in [5.41, 5.74) is 4.30. The van der Waals surface area contributed by atoms with Crippen molar-refractivity contribution in [3.63, 3.8) is 0 Å². The van der Waals surface area contributed by atoms with Crippen molar-refractivity contribution in [2.75, 3.05) is 11.9 Å². The third kappa shape index (κ3) is 4.41. The van der Waals surface area contributed by atoms with Crippen LogP contribution in [-0.4, -0.2) is 22.3 Å². The monoisotopic (exact) mass is 397 g/mol. The summed E-state index contributed by atoms with van der Waals surface area (Å²) in [4.78, 5) is 13.1. The summed E-state index contributed by atoms with van der Waals surface area (Å²) in [6, 6.07) is 25.2. The minimum absolute atomic E-state index is 0.168. The van der Waals surface area contributed by atoms with Gasteiger partial charge in [0.2, 0.25) is 0 Å². The Labute approximate surface area is 175 Å². The van der Waals surface area contributed by atoms with Gasteiger partial charge < -0.3 is 10.1 Å². The van der Waals surface area contributed by atoms with Crippen LogP contribution in [-0.2, 0) is 6.54 Å². The average molecular weight is 397 g/mol. The van der Waals surface area contributed by atoms with Gasteiger partial charge in [-0.05, 0) is 47.9 Å². The Morgan fingerprint density at radius 3 is 2.50 bits per heavy atom. The molecule has 30 heavy (non-hydrogen) atoms. The molecular weight excluding hydrogens is 374 g/mol. The van der Waals surface area contributed by atoms with Gasteiger partial charge in [0, 0.05) is 18.0 Å². The minimum Gasteiger partial charge on any atom is -0.492 e. The van der Waals surface area contributed by atoms with Crippen molar-refractivity contribution in [2.45, 2.75) is 13.5 Å². The van der Waals surface area contributed by atoms with Gasteiger partial charge in [0.25, 0.3) is 5.91 Å². The zero-order valence-electron chi connectivity index (χ0n) is 16.8. The highest BCUT2D eigenvalue weighted by molar-refractivity contribution is 6.09. The molecule has 0 saturated carbocycles. The lowest BCUT2D eigenvalue weighted by atomic mass is 9.98. The Bertz CT molecular complexity index is 1120. The number of benzene rings is 3.